The summed E-state index contributed by atoms with van der Waals surface area (Å²) in [5.74, 6) is 0.980. The number of hydrazine groups is 1. The molecule has 0 saturated heterocycles. The van der Waals surface area contributed by atoms with E-state index in [0.29, 0.717) is 26.8 Å². The molecule has 1 amide bonds. The number of rotatable bonds is 5. The quantitative estimate of drug-likeness (QED) is 0.475. The van der Waals surface area contributed by atoms with Crippen molar-refractivity contribution < 1.29 is 9.53 Å². The van der Waals surface area contributed by atoms with Crippen molar-refractivity contribution in [2.75, 3.05) is 25.4 Å². The molecule has 6 nitrogen and oxygen atoms in total. The van der Waals surface area contributed by atoms with Gasteiger partial charge in [0.2, 0.25) is 0 Å². The van der Waals surface area contributed by atoms with Crippen LogP contribution in [0, 0.1) is 6.92 Å². The summed E-state index contributed by atoms with van der Waals surface area (Å²) in [6.07, 6.45) is 3.55. The zero-order valence-corrected chi connectivity index (χ0v) is 15.7. The first-order valence-electron chi connectivity index (χ1n) is 6.71. The smallest absolute Gasteiger partial charge is 0.269 e. The Balaban J connectivity index is 2.21. The number of hydrogen-bond acceptors (Lipinski definition) is 6. The second-order valence-electron chi connectivity index (χ2n) is 4.77. The number of benzene rings is 1. The first-order chi connectivity index (χ1) is 10.9. The van der Waals surface area contributed by atoms with E-state index in [1.165, 1.54) is 11.8 Å². The summed E-state index contributed by atoms with van der Waals surface area (Å²) in [5.41, 5.74) is 4.26. The van der Waals surface area contributed by atoms with Crippen LogP contribution < -0.4 is 15.2 Å². The van der Waals surface area contributed by atoms with E-state index in [1.807, 2.05) is 19.2 Å². The number of carbonyl (C=O) groups is 1. The number of nitrogens with zero attached hydrogens (tertiary/aromatic N) is 3. The van der Waals surface area contributed by atoms with Crippen molar-refractivity contribution in [1.82, 2.24) is 15.4 Å². The van der Waals surface area contributed by atoms with E-state index in [2.05, 4.69) is 31.3 Å². The molecular formula is C15H17BrN4O2S. The molecule has 0 atom stereocenters. The lowest BCUT2D eigenvalue weighted by atomic mass is 10.1. The molecule has 0 aliphatic rings. The first kappa shape index (κ1) is 17.6. The maximum absolute atomic E-state index is 12.4. The van der Waals surface area contributed by atoms with Gasteiger partial charge < -0.3 is 4.74 Å². The van der Waals surface area contributed by atoms with Crippen molar-refractivity contribution in [2.24, 2.45) is 0 Å². The number of carbonyl (C=O) groups excluding carboxylic acids is 1. The highest BCUT2D eigenvalue weighted by atomic mass is 79.9. The minimum absolute atomic E-state index is 0.245. The standard InChI is InChI=1S/C15H17BrN4O2S/c1-9-5-10(7-11(6-9)22-3)14(21)19-20(2)13-12(16)8-17-15(18-13)23-4/h5-8H,1-4H3,(H,19,21). The monoisotopic (exact) mass is 396 g/mol. The Morgan fingerprint density at radius 2 is 2.13 bits per heavy atom. The third kappa shape index (κ3) is 4.35. The largest absolute Gasteiger partial charge is 0.497 e. The van der Waals surface area contributed by atoms with Gasteiger partial charge in [0, 0.05) is 18.8 Å². The molecule has 2 aromatic rings. The van der Waals surface area contributed by atoms with E-state index in [4.69, 9.17) is 4.74 Å². The maximum Gasteiger partial charge on any atom is 0.269 e. The molecule has 0 saturated carbocycles. The van der Waals surface area contributed by atoms with Crippen LogP contribution in [0.1, 0.15) is 15.9 Å². The third-order valence-electron chi connectivity index (χ3n) is 3.02. The fourth-order valence-electron chi connectivity index (χ4n) is 1.94. The summed E-state index contributed by atoms with van der Waals surface area (Å²) in [7, 11) is 3.30. The number of amides is 1. The molecule has 1 N–H and O–H groups in total. The van der Waals surface area contributed by atoms with E-state index < -0.39 is 0 Å². The Morgan fingerprint density at radius 3 is 2.78 bits per heavy atom. The summed E-state index contributed by atoms with van der Waals surface area (Å²) in [6, 6.07) is 5.36. The lowest BCUT2D eigenvalue weighted by Gasteiger charge is -2.20. The number of hydrogen-bond donors (Lipinski definition) is 1. The van der Waals surface area contributed by atoms with Gasteiger partial charge in [0.25, 0.3) is 5.91 Å². The highest BCUT2D eigenvalue weighted by Gasteiger charge is 2.14. The van der Waals surface area contributed by atoms with Crippen LogP contribution in [0.3, 0.4) is 0 Å². The van der Waals surface area contributed by atoms with Crippen LogP contribution in [0.15, 0.2) is 34.0 Å². The fourth-order valence-corrected chi connectivity index (χ4v) is 2.74. The highest BCUT2D eigenvalue weighted by Crippen LogP contribution is 2.24. The summed E-state index contributed by atoms with van der Waals surface area (Å²) >= 11 is 4.83. The number of ether oxygens (including phenoxy) is 1. The average molecular weight is 397 g/mol. The molecule has 0 bridgehead atoms. The zero-order chi connectivity index (χ0) is 17.0. The summed E-state index contributed by atoms with van der Waals surface area (Å²) in [4.78, 5) is 21.0. The van der Waals surface area contributed by atoms with Crippen LogP contribution >= 0.6 is 27.7 Å². The van der Waals surface area contributed by atoms with Crippen LogP contribution in [0.2, 0.25) is 0 Å². The Bertz CT molecular complexity index is 727. The van der Waals surface area contributed by atoms with Crippen LogP contribution in [-0.2, 0) is 0 Å². The van der Waals surface area contributed by atoms with E-state index in [-0.39, 0.29) is 5.91 Å². The predicted molar refractivity (Wildman–Crippen MR) is 95.1 cm³/mol. The molecule has 122 valence electrons. The SMILES string of the molecule is COc1cc(C)cc(C(=O)NN(C)c2nc(SC)ncc2Br)c1. The number of aromatic nitrogens is 2. The lowest BCUT2D eigenvalue weighted by molar-refractivity contribution is 0.0950. The van der Waals surface area contributed by atoms with Crippen molar-refractivity contribution in [2.45, 2.75) is 12.1 Å². The maximum atomic E-state index is 12.4. The van der Waals surface area contributed by atoms with Gasteiger partial charge in [-0.05, 0) is 52.9 Å². The average Bonchev–Trinajstić information content (AvgIpc) is 2.54. The molecule has 0 aliphatic heterocycles. The van der Waals surface area contributed by atoms with Gasteiger partial charge in [0.15, 0.2) is 11.0 Å². The zero-order valence-electron chi connectivity index (χ0n) is 13.3. The van der Waals surface area contributed by atoms with Crippen molar-refractivity contribution in [3.8, 4) is 5.75 Å². The molecule has 0 unspecified atom stereocenters. The van der Waals surface area contributed by atoms with Gasteiger partial charge in [-0.15, -0.1) is 0 Å². The number of anilines is 1. The third-order valence-corrected chi connectivity index (χ3v) is 4.14. The Kier molecular flexibility index (Phi) is 5.84. The van der Waals surface area contributed by atoms with Gasteiger partial charge in [0.05, 0.1) is 11.6 Å². The highest BCUT2D eigenvalue weighted by molar-refractivity contribution is 9.10. The second kappa shape index (κ2) is 7.65. The van der Waals surface area contributed by atoms with Gasteiger partial charge in [0.1, 0.15) is 5.75 Å². The second-order valence-corrected chi connectivity index (χ2v) is 6.39. The number of nitrogens with one attached hydrogen (secondary N) is 1. The summed E-state index contributed by atoms with van der Waals surface area (Å²) in [5, 5.41) is 2.18. The predicted octanol–water partition coefficient (Wildman–Crippen LogP) is 3.06. The molecule has 23 heavy (non-hydrogen) atoms. The number of aryl methyl sites for hydroxylation is 1. The Morgan fingerprint density at radius 1 is 1.39 bits per heavy atom. The number of thioether (sulfide) groups is 1. The fraction of sp³-hybridized carbons (Fsp3) is 0.267. The van der Waals surface area contributed by atoms with Crippen LogP contribution in [0.5, 0.6) is 5.75 Å². The topological polar surface area (TPSA) is 67.3 Å². The minimum Gasteiger partial charge on any atom is -0.497 e. The van der Waals surface area contributed by atoms with Crippen LogP contribution in [-0.4, -0.2) is 36.3 Å². The van der Waals surface area contributed by atoms with Crippen LogP contribution in [0.25, 0.3) is 0 Å². The molecule has 0 spiro atoms. The molecule has 0 radical (unpaired) electrons. The molecule has 1 aromatic carbocycles. The first-order valence-corrected chi connectivity index (χ1v) is 8.73. The van der Waals surface area contributed by atoms with Gasteiger partial charge in [-0.3, -0.25) is 15.2 Å². The van der Waals surface area contributed by atoms with Gasteiger partial charge in [-0.25, -0.2) is 9.97 Å². The number of methoxy groups -OCH3 is 1. The van der Waals surface area contributed by atoms with E-state index >= 15 is 0 Å². The molecule has 1 aromatic heterocycles. The van der Waals surface area contributed by atoms with E-state index in [1.54, 1.807) is 37.5 Å². The van der Waals surface area contributed by atoms with E-state index in [9.17, 15) is 4.79 Å². The summed E-state index contributed by atoms with van der Waals surface area (Å²) < 4.78 is 5.89. The van der Waals surface area contributed by atoms with Crippen molar-refractivity contribution in [3.63, 3.8) is 0 Å². The molecule has 0 fully saturated rings. The van der Waals surface area contributed by atoms with Gasteiger partial charge in [-0.2, -0.15) is 0 Å². The lowest BCUT2D eigenvalue weighted by Crippen LogP contribution is -2.40. The Labute approximate surface area is 147 Å². The Hall–Kier alpha value is -1.80. The van der Waals surface area contributed by atoms with E-state index in [0.717, 1.165) is 5.56 Å². The molecule has 0 aliphatic carbocycles. The van der Waals surface area contributed by atoms with Crippen molar-refractivity contribution in [3.05, 3.63) is 40.0 Å². The molecule has 2 rings (SSSR count). The minimum atomic E-state index is -0.245. The molecular weight excluding hydrogens is 380 g/mol. The summed E-state index contributed by atoms with van der Waals surface area (Å²) in [6.45, 7) is 1.91. The molecule has 1 heterocycles. The normalized spacial score (nSPS) is 10.3. The van der Waals surface area contributed by atoms with Gasteiger partial charge in [-0.1, -0.05) is 11.8 Å². The van der Waals surface area contributed by atoms with Crippen molar-refractivity contribution in [1.29, 1.82) is 0 Å². The van der Waals surface area contributed by atoms with Gasteiger partial charge >= 0.3 is 0 Å². The molecule has 8 heteroatoms. The van der Waals surface area contributed by atoms with Crippen molar-refractivity contribution >= 4 is 39.4 Å². The van der Waals surface area contributed by atoms with Crippen LogP contribution in [0.4, 0.5) is 5.82 Å². The number of halogens is 1.